The van der Waals surface area contributed by atoms with Crippen molar-refractivity contribution in [1.82, 2.24) is 0 Å². The summed E-state index contributed by atoms with van der Waals surface area (Å²) in [5.74, 6) is 0. The van der Waals surface area contributed by atoms with Crippen LogP contribution in [-0.4, -0.2) is 3.21 Å². The molecule has 0 saturated heterocycles. The van der Waals surface area contributed by atoms with Crippen molar-refractivity contribution >= 4 is 28.0 Å². The fraction of sp³-hybridized carbons (Fsp3) is 0.471. The largest absolute Gasteiger partial charge is 0.147 e. The Morgan fingerprint density at radius 3 is 1.15 bits per heavy atom. The maximum Gasteiger partial charge on any atom is -0.147 e. The van der Waals surface area contributed by atoms with Crippen LogP contribution in [0.4, 0.5) is 0 Å². The Kier molecular flexibility index (Phi) is 18.0. The van der Waals surface area contributed by atoms with Crippen molar-refractivity contribution in [2.24, 2.45) is 0 Å². The summed E-state index contributed by atoms with van der Waals surface area (Å²) < 4.78 is 1.51. The zero-order chi connectivity index (χ0) is 14.1. The number of allylic oxidation sites excluding steroid dienone is 8. The second kappa shape index (κ2) is 14.2. The third-order valence-electron chi connectivity index (χ3n) is 2.22. The number of halogens is 2. The first kappa shape index (κ1) is 25.3. The second-order valence-corrected chi connectivity index (χ2v) is 7.51. The molecule has 0 nitrogen and oxygen atoms in total. The molecule has 0 aromatic heterocycles. The predicted octanol–water partition coefficient (Wildman–Crippen LogP) is 5.76. The summed E-state index contributed by atoms with van der Waals surface area (Å²) >= 11 is 1.55. The molecule has 0 aliphatic heterocycles. The van der Waals surface area contributed by atoms with Gasteiger partial charge in [0, 0.05) is 0 Å². The molecular formula is C17H26Cl2Zr. The molecule has 0 heterocycles. The second-order valence-electron chi connectivity index (χ2n) is 5.05. The molecule has 0 bridgehead atoms. The molecule has 0 radical (unpaired) electrons. The van der Waals surface area contributed by atoms with E-state index in [2.05, 4.69) is 65.8 Å². The van der Waals surface area contributed by atoms with E-state index in [9.17, 15) is 0 Å². The Bertz CT molecular complexity index is 375. The molecule has 2 rings (SSSR count). The fourth-order valence-corrected chi connectivity index (χ4v) is 1.50. The molecule has 2 aliphatic carbocycles. The number of hydrogen-bond acceptors (Lipinski definition) is 0. The van der Waals surface area contributed by atoms with Crippen molar-refractivity contribution in [2.75, 3.05) is 0 Å². The molecule has 20 heavy (non-hydrogen) atoms. The molecular weight excluding hydrogens is 366 g/mol. The molecule has 0 N–H and O–H groups in total. The van der Waals surface area contributed by atoms with E-state index in [0.717, 1.165) is 12.8 Å². The summed E-state index contributed by atoms with van der Waals surface area (Å²) in [6, 6.07) is 0. The third kappa shape index (κ3) is 16.3. The molecule has 0 fully saturated rings. The summed E-state index contributed by atoms with van der Waals surface area (Å²) in [7, 11) is 0. The summed E-state index contributed by atoms with van der Waals surface area (Å²) in [5, 5.41) is 0. The van der Waals surface area contributed by atoms with E-state index in [1.165, 1.54) is 25.5 Å². The minimum absolute atomic E-state index is 0. The molecule has 0 aromatic rings. The van der Waals surface area contributed by atoms with Crippen molar-refractivity contribution in [3.8, 4) is 0 Å². The van der Waals surface area contributed by atoms with Crippen molar-refractivity contribution in [3.63, 3.8) is 0 Å². The molecule has 2 aliphatic rings. The Balaban J connectivity index is -0.000000215. The van der Waals surface area contributed by atoms with Gasteiger partial charge in [0.15, 0.2) is 0 Å². The van der Waals surface area contributed by atoms with Gasteiger partial charge in [0.1, 0.15) is 0 Å². The van der Waals surface area contributed by atoms with Crippen LogP contribution in [0, 0.1) is 12.2 Å². The van der Waals surface area contributed by atoms with E-state index in [1.54, 1.807) is 24.2 Å². The smallest absolute Gasteiger partial charge is 0.147 e. The van der Waals surface area contributed by atoms with Gasteiger partial charge in [-0.1, -0.05) is 27.7 Å². The SMILES string of the molecule is CC1=[C-]CC(C)=C1.CC1=[C-]CC(C)=C1.C[C](C)=[Zr+2].Cl.Cl. The van der Waals surface area contributed by atoms with Gasteiger partial charge in [0.25, 0.3) is 0 Å². The topological polar surface area (TPSA) is 0 Å². The van der Waals surface area contributed by atoms with Crippen molar-refractivity contribution in [1.29, 1.82) is 0 Å². The van der Waals surface area contributed by atoms with Crippen LogP contribution in [0.3, 0.4) is 0 Å². The van der Waals surface area contributed by atoms with Crippen LogP contribution < -0.4 is 0 Å². The van der Waals surface area contributed by atoms with Crippen LogP contribution in [0.1, 0.15) is 54.4 Å². The normalized spacial score (nSPS) is 14.8. The van der Waals surface area contributed by atoms with Gasteiger partial charge >= 0.3 is 41.3 Å². The van der Waals surface area contributed by atoms with Crippen molar-refractivity contribution in [2.45, 2.75) is 54.4 Å². The van der Waals surface area contributed by atoms with Gasteiger partial charge < -0.3 is 0 Å². The fourth-order valence-electron chi connectivity index (χ4n) is 1.50. The van der Waals surface area contributed by atoms with E-state index in [-0.39, 0.29) is 24.8 Å². The minimum atomic E-state index is 0. The van der Waals surface area contributed by atoms with Crippen LogP contribution in [0.2, 0.25) is 0 Å². The average molecular weight is 393 g/mol. The molecule has 0 spiro atoms. The molecule has 0 aromatic carbocycles. The van der Waals surface area contributed by atoms with E-state index in [4.69, 9.17) is 0 Å². The van der Waals surface area contributed by atoms with Gasteiger partial charge in [-0.05, 0) is 0 Å². The average Bonchev–Trinajstić information content (AvgIpc) is 2.76. The van der Waals surface area contributed by atoms with Crippen LogP contribution in [0.5, 0.6) is 0 Å². The summed E-state index contributed by atoms with van der Waals surface area (Å²) in [4.78, 5) is 0. The summed E-state index contributed by atoms with van der Waals surface area (Å²) in [6.07, 6.45) is 12.8. The van der Waals surface area contributed by atoms with Gasteiger partial charge in [0.2, 0.25) is 0 Å². The summed E-state index contributed by atoms with van der Waals surface area (Å²) in [5.41, 5.74) is 5.44. The number of rotatable bonds is 0. The third-order valence-corrected chi connectivity index (χ3v) is 2.22. The van der Waals surface area contributed by atoms with E-state index < -0.39 is 0 Å². The van der Waals surface area contributed by atoms with Crippen molar-refractivity contribution < 1.29 is 24.2 Å². The number of hydrogen-bond donors (Lipinski definition) is 0. The van der Waals surface area contributed by atoms with E-state index in [1.807, 2.05) is 0 Å². The quantitative estimate of drug-likeness (QED) is 0.460. The Morgan fingerprint density at radius 2 is 1.10 bits per heavy atom. The van der Waals surface area contributed by atoms with E-state index >= 15 is 0 Å². The van der Waals surface area contributed by atoms with Gasteiger partial charge in [-0.25, -0.2) is 23.3 Å². The molecule has 112 valence electrons. The van der Waals surface area contributed by atoms with Crippen LogP contribution in [0.25, 0.3) is 0 Å². The van der Waals surface area contributed by atoms with Gasteiger partial charge in [-0.3, -0.25) is 12.2 Å². The molecule has 0 unspecified atom stereocenters. The Labute approximate surface area is 152 Å². The Hall–Kier alpha value is 0.293. The van der Waals surface area contributed by atoms with Crippen LogP contribution in [-0.2, 0) is 24.2 Å². The maximum atomic E-state index is 3.19. The van der Waals surface area contributed by atoms with Gasteiger partial charge in [0.05, 0.1) is 0 Å². The first-order valence-electron chi connectivity index (χ1n) is 6.32. The zero-order valence-corrected chi connectivity index (χ0v) is 17.5. The molecule has 3 heteroatoms. The summed E-state index contributed by atoms with van der Waals surface area (Å²) in [6.45, 7) is 12.7. The zero-order valence-electron chi connectivity index (χ0n) is 13.4. The Morgan fingerprint density at radius 1 is 0.850 bits per heavy atom. The molecule has 0 atom stereocenters. The predicted molar refractivity (Wildman–Crippen MR) is 92.5 cm³/mol. The van der Waals surface area contributed by atoms with Gasteiger partial charge in [-0.15, -0.1) is 37.7 Å². The van der Waals surface area contributed by atoms with Crippen molar-refractivity contribution in [3.05, 3.63) is 46.6 Å². The van der Waals surface area contributed by atoms with Gasteiger partial charge in [-0.2, -0.15) is 11.1 Å². The standard InChI is InChI=1S/2C7H9.C3H6.2ClH.Zr/c2*1-6-3-4-7(2)5-6;1-3-2;;;/h2*5H,3H2,1-2H3;1-2H3;2*1H;/q2*-1;;;;+2. The molecule has 0 amide bonds. The van der Waals surface area contributed by atoms with E-state index in [0.29, 0.717) is 0 Å². The molecule has 0 saturated carbocycles. The maximum absolute atomic E-state index is 3.19. The monoisotopic (exact) mass is 390 g/mol. The van der Waals surface area contributed by atoms with Crippen LogP contribution >= 0.6 is 24.8 Å². The minimum Gasteiger partial charge on any atom is -0.147 e. The van der Waals surface area contributed by atoms with Crippen LogP contribution in [0.15, 0.2) is 34.4 Å². The first-order chi connectivity index (χ1) is 8.31. The first-order valence-corrected chi connectivity index (χ1v) is 7.55.